The summed E-state index contributed by atoms with van der Waals surface area (Å²) in [4.78, 5) is 4.26. The van der Waals surface area contributed by atoms with E-state index in [2.05, 4.69) is 48.4 Å². The van der Waals surface area contributed by atoms with Gasteiger partial charge in [0.1, 0.15) is 0 Å². The third kappa shape index (κ3) is 9.71. The maximum absolute atomic E-state index is 4.26. The normalized spacial score (nSPS) is 13.5. The Morgan fingerprint density at radius 2 is 2.10 bits per heavy atom. The molecule has 0 bridgehead atoms. The topological polar surface area (TPSA) is 54.2 Å². The van der Waals surface area contributed by atoms with Crippen LogP contribution >= 0.6 is 24.0 Å². The number of nitrogens with zero attached hydrogens (tertiary/aromatic N) is 3. The minimum atomic E-state index is 0. The molecule has 2 N–H and O–H groups in total. The number of guanidine groups is 1. The summed E-state index contributed by atoms with van der Waals surface area (Å²) in [6, 6.07) is 2.35. The molecule has 0 fully saturated rings. The first-order valence-corrected chi connectivity index (χ1v) is 7.35. The lowest BCUT2D eigenvalue weighted by molar-refractivity contribution is 0.346. The lowest BCUT2D eigenvalue weighted by Gasteiger charge is -2.23. The molecule has 5 nitrogen and oxygen atoms in total. The monoisotopic (exact) mass is 407 g/mol. The quantitative estimate of drug-likeness (QED) is 0.433. The van der Waals surface area contributed by atoms with Gasteiger partial charge in [-0.15, -0.1) is 24.0 Å². The van der Waals surface area contributed by atoms with E-state index in [1.807, 2.05) is 16.9 Å². The molecule has 1 aromatic heterocycles. The molecule has 1 unspecified atom stereocenters. The van der Waals surface area contributed by atoms with Gasteiger partial charge in [-0.3, -0.25) is 9.67 Å². The Balaban J connectivity index is 0.00000400. The Morgan fingerprint density at radius 1 is 1.38 bits per heavy atom. The van der Waals surface area contributed by atoms with Crippen molar-refractivity contribution in [3.8, 4) is 0 Å². The first kappa shape index (κ1) is 20.2. The molecule has 0 aliphatic rings. The molecule has 0 radical (unpaired) electrons. The second-order valence-electron chi connectivity index (χ2n) is 6.41. The smallest absolute Gasteiger partial charge is 0.191 e. The molecule has 122 valence electrons. The minimum absolute atomic E-state index is 0. The molecule has 0 aromatic carbocycles. The Hall–Kier alpha value is -0.790. The molecule has 21 heavy (non-hydrogen) atoms. The molecule has 0 spiro atoms. The van der Waals surface area contributed by atoms with Crippen molar-refractivity contribution in [2.45, 2.75) is 53.1 Å². The first-order chi connectivity index (χ1) is 9.40. The number of halogens is 1. The summed E-state index contributed by atoms with van der Waals surface area (Å²) < 4.78 is 1.91. The van der Waals surface area contributed by atoms with E-state index < -0.39 is 0 Å². The average molecular weight is 407 g/mol. The van der Waals surface area contributed by atoms with E-state index in [-0.39, 0.29) is 24.0 Å². The minimum Gasteiger partial charge on any atom is -0.355 e. The van der Waals surface area contributed by atoms with Gasteiger partial charge in [0.2, 0.25) is 0 Å². The van der Waals surface area contributed by atoms with Gasteiger partial charge in [0, 0.05) is 32.0 Å². The van der Waals surface area contributed by atoms with Crippen LogP contribution in [0.1, 0.15) is 40.5 Å². The molecule has 1 heterocycles. The zero-order valence-electron chi connectivity index (χ0n) is 13.9. The average Bonchev–Trinajstić information content (AvgIpc) is 2.87. The van der Waals surface area contributed by atoms with Gasteiger partial charge < -0.3 is 10.6 Å². The molecule has 1 aromatic rings. The maximum Gasteiger partial charge on any atom is 0.191 e. The van der Waals surface area contributed by atoms with Crippen molar-refractivity contribution in [2.75, 3.05) is 13.6 Å². The van der Waals surface area contributed by atoms with Crippen molar-refractivity contribution in [1.29, 1.82) is 0 Å². The van der Waals surface area contributed by atoms with E-state index in [1.54, 1.807) is 13.2 Å². The molecule has 1 atom stereocenters. The molecule has 0 saturated carbocycles. The fraction of sp³-hybridized carbons (Fsp3) is 0.733. The Labute approximate surface area is 146 Å². The fourth-order valence-corrected chi connectivity index (χ4v) is 1.87. The van der Waals surface area contributed by atoms with Crippen LogP contribution in [0.3, 0.4) is 0 Å². The lowest BCUT2D eigenvalue weighted by atomic mass is 9.89. The number of hydrogen-bond donors (Lipinski definition) is 2. The van der Waals surface area contributed by atoms with Crippen LogP contribution in [0.2, 0.25) is 0 Å². The van der Waals surface area contributed by atoms with Crippen LogP contribution in [0.15, 0.2) is 23.5 Å². The number of rotatable bonds is 6. The van der Waals surface area contributed by atoms with E-state index in [4.69, 9.17) is 0 Å². The molecular formula is C15H30IN5. The third-order valence-corrected chi connectivity index (χ3v) is 3.13. The Bertz CT molecular complexity index is 395. The summed E-state index contributed by atoms with van der Waals surface area (Å²) >= 11 is 0. The van der Waals surface area contributed by atoms with E-state index in [0.717, 1.165) is 25.5 Å². The molecule has 1 rings (SSSR count). The van der Waals surface area contributed by atoms with Gasteiger partial charge in [0.15, 0.2) is 5.96 Å². The van der Waals surface area contributed by atoms with Crippen LogP contribution in [0.25, 0.3) is 0 Å². The van der Waals surface area contributed by atoms with Gasteiger partial charge in [-0.1, -0.05) is 20.8 Å². The standard InChI is InChI=1S/C15H29N5.HI/c1-13(7-8-15(2,3)4)19-14(16-5)17-10-12-20-11-6-9-18-20;/h6,9,11,13H,7-8,10,12H2,1-5H3,(H2,16,17,19);1H. The van der Waals surface area contributed by atoms with Crippen LogP contribution in [0.5, 0.6) is 0 Å². The second kappa shape index (κ2) is 10.0. The predicted octanol–water partition coefficient (Wildman–Crippen LogP) is 2.88. The van der Waals surface area contributed by atoms with Crippen LogP contribution in [0.4, 0.5) is 0 Å². The maximum atomic E-state index is 4.26. The summed E-state index contributed by atoms with van der Waals surface area (Å²) in [5.74, 6) is 0.860. The van der Waals surface area contributed by atoms with E-state index in [1.165, 1.54) is 6.42 Å². The van der Waals surface area contributed by atoms with E-state index in [9.17, 15) is 0 Å². The van der Waals surface area contributed by atoms with Crippen molar-refractivity contribution >= 4 is 29.9 Å². The highest BCUT2D eigenvalue weighted by molar-refractivity contribution is 14.0. The third-order valence-electron chi connectivity index (χ3n) is 3.13. The van der Waals surface area contributed by atoms with Crippen molar-refractivity contribution < 1.29 is 0 Å². The predicted molar refractivity (Wildman–Crippen MR) is 100 cm³/mol. The van der Waals surface area contributed by atoms with Crippen molar-refractivity contribution in [3.63, 3.8) is 0 Å². The van der Waals surface area contributed by atoms with Crippen molar-refractivity contribution in [1.82, 2.24) is 20.4 Å². The lowest BCUT2D eigenvalue weighted by Crippen LogP contribution is -2.43. The zero-order valence-corrected chi connectivity index (χ0v) is 16.2. The van der Waals surface area contributed by atoms with Crippen LogP contribution in [0, 0.1) is 5.41 Å². The zero-order chi connectivity index (χ0) is 15.0. The van der Waals surface area contributed by atoms with Crippen LogP contribution in [-0.2, 0) is 6.54 Å². The van der Waals surface area contributed by atoms with E-state index >= 15 is 0 Å². The molecular weight excluding hydrogens is 377 g/mol. The van der Waals surface area contributed by atoms with Gasteiger partial charge in [-0.25, -0.2) is 0 Å². The number of aliphatic imine (C=N–C) groups is 1. The van der Waals surface area contributed by atoms with Gasteiger partial charge in [-0.2, -0.15) is 5.10 Å². The van der Waals surface area contributed by atoms with Crippen LogP contribution < -0.4 is 10.6 Å². The highest BCUT2D eigenvalue weighted by atomic mass is 127. The summed E-state index contributed by atoms with van der Waals surface area (Å²) in [5, 5.41) is 10.9. The van der Waals surface area contributed by atoms with Crippen molar-refractivity contribution in [2.24, 2.45) is 10.4 Å². The highest BCUT2D eigenvalue weighted by Crippen LogP contribution is 2.21. The van der Waals surface area contributed by atoms with Gasteiger partial charge >= 0.3 is 0 Å². The fourth-order valence-electron chi connectivity index (χ4n) is 1.87. The number of aromatic nitrogens is 2. The first-order valence-electron chi connectivity index (χ1n) is 7.35. The second-order valence-corrected chi connectivity index (χ2v) is 6.41. The Kier molecular flexibility index (Phi) is 9.65. The summed E-state index contributed by atoms with van der Waals surface area (Å²) in [5.41, 5.74) is 0.382. The molecule has 0 amide bonds. The van der Waals surface area contributed by atoms with Gasteiger partial charge in [-0.05, 0) is 31.2 Å². The molecule has 0 aliphatic carbocycles. The summed E-state index contributed by atoms with van der Waals surface area (Å²) in [6.07, 6.45) is 6.10. The molecule has 0 aliphatic heterocycles. The largest absolute Gasteiger partial charge is 0.355 e. The molecule has 6 heteroatoms. The van der Waals surface area contributed by atoms with Gasteiger partial charge in [0.05, 0.1) is 6.54 Å². The molecule has 0 saturated heterocycles. The van der Waals surface area contributed by atoms with Crippen molar-refractivity contribution in [3.05, 3.63) is 18.5 Å². The Morgan fingerprint density at radius 3 is 2.62 bits per heavy atom. The van der Waals surface area contributed by atoms with E-state index in [0.29, 0.717) is 11.5 Å². The van der Waals surface area contributed by atoms with Crippen LogP contribution in [-0.4, -0.2) is 35.4 Å². The number of hydrogen-bond acceptors (Lipinski definition) is 2. The number of nitrogens with one attached hydrogen (secondary N) is 2. The summed E-state index contributed by atoms with van der Waals surface area (Å²) in [6.45, 7) is 10.7. The van der Waals surface area contributed by atoms with Gasteiger partial charge in [0.25, 0.3) is 0 Å². The summed E-state index contributed by atoms with van der Waals surface area (Å²) in [7, 11) is 1.81. The SMILES string of the molecule is CN=C(NCCn1cccn1)NC(C)CCC(C)(C)C.I. The highest BCUT2D eigenvalue weighted by Gasteiger charge is 2.13.